The largest absolute Gasteiger partial charge is 0.494 e. The summed E-state index contributed by atoms with van der Waals surface area (Å²) in [5.74, 6) is 0.509. The molecular formula is C17H20FNO2. The lowest BCUT2D eigenvalue weighted by Gasteiger charge is -2.15. The molecule has 0 aliphatic rings. The summed E-state index contributed by atoms with van der Waals surface area (Å²) in [6, 6.07) is 10.7. The Hall–Kier alpha value is -2.07. The first-order valence-corrected chi connectivity index (χ1v) is 6.83. The van der Waals surface area contributed by atoms with E-state index in [1.165, 1.54) is 7.11 Å². The number of benzene rings is 2. The second-order valence-corrected chi connectivity index (χ2v) is 5.05. The zero-order valence-electron chi connectivity index (χ0n) is 12.5. The molecule has 2 N–H and O–H groups in total. The molecule has 0 aliphatic heterocycles. The van der Waals surface area contributed by atoms with Crippen molar-refractivity contribution in [3.05, 3.63) is 58.9 Å². The lowest BCUT2D eigenvalue weighted by Crippen LogP contribution is -2.09. The second kappa shape index (κ2) is 6.59. The number of ether oxygens (including phenoxy) is 2. The van der Waals surface area contributed by atoms with E-state index in [1.807, 2.05) is 32.0 Å². The van der Waals surface area contributed by atoms with Gasteiger partial charge in [0.15, 0.2) is 11.6 Å². The van der Waals surface area contributed by atoms with Crippen molar-refractivity contribution in [2.45, 2.75) is 26.5 Å². The van der Waals surface area contributed by atoms with Gasteiger partial charge in [-0.05, 0) is 31.5 Å². The fraction of sp³-hybridized carbons (Fsp3) is 0.294. The van der Waals surface area contributed by atoms with Crippen molar-refractivity contribution in [1.29, 1.82) is 0 Å². The molecule has 1 atom stereocenters. The van der Waals surface area contributed by atoms with Crippen molar-refractivity contribution < 1.29 is 13.9 Å². The fourth-order valence-corrected chi connectivity index (χ4v) is 2.12. The van der Waals surface area contributed by atoms with Gasteiger partial charge >= 0.3 is 0 Å². The average molecular weight is 289 g/mol. The van der Waals surface area contributed by atoms with Gasteiger partial charge in [-0.15, -0.1) is 0 Å². The van der Waals surface area contributed by atoms with Gasteiger partial charge in [0.1, 0.15) is 12.4 Å². The Labute approximate surface area is 124 Å². The van der Waals surface area contributed by atoms with E-state index in [0.717, 1.165) is 11.1 Å². The van der Waals surface area contributed by atoms with Crippen LogP contribution in [0.1, 0.15) is 29.7 Å². The van der Waals surface area contributed by atoms with Crippen LogP contribution in [-0.4, -0.2) is 7.11 Å². The molecule has 112 valence electrons. The fourth-order valence-electron chi connectivity index (χ4n) is 2.12. The van der Waals surface area contributed by atoms with Gasteiger partial charge in [-0.25, -0.2) is 4.39 Å². The molecule has 2 aromatic carbocycles. The van der Waals surface area contributed by atoms with Gasteiger partial charge in [0.05, 0.1) is 7.11 Å². The van der Waals surface area contributed by atoms with Crippen LogP contribution in [0.15, 0.2) is 36.4 Å². The SMILES string of the molecule is COc1cccc(COc2cc(C)ccc2C(C)N)c1F. The van der Waals surface area contributed by atoms with E-state index < -0.39 is 5.82 Å². The van der Waals surface area contributed by atoms with E-state index in [9.17, 15) is 4.39 Å². The lowest BCUT2D eigenvalue weighted by atomic mass is 10.1. The van der Waals surface area contributed by atoms with Gasteiger partial charge in [-0.1, -0.05) is 24.3 Å². The summed E-state index contributed by atoms with van der Waals surface area (Å²) in [6.07, 6.45) is 0. The van der Waals surface area contributed by atoms with Crippen molar-refractivity contribution in [3.63, 3.8) is 0 Å². The third kappa shape index (κ3) is 3.52. The third-order valence-electron chi connectivity index (χ3n) is 3.31. The molecule has 0 aromatic heterocycles. The van der Waals surface area contributed by atoms with Crippen molar-refractivity contribution in [2.24, 2.45) is 5.73 Å². The van der Waals surface area contributed by atoms with Crippen LogP contribution in [-0.2, 0) is 6.61 Å². The molecule has 0 aliphatic carbocycles. The molecule has 0 fully saturated rings. The van der Waals surface area contributed by atoms with E-state index in [4.69, 9.17) is 15.2 Å². The number of hydrogen-bond donors (Lipinski definition) is 1. The van der Waals surface area contributed by atoms with E-state index in [1.54, 1.807) is 18.2 Å². The minimum atomic E-state index is -0.394. The van der Waals surface area contributed by atoms with Gasteiger partial charge < -0.3 is 15.2 Å². The van der Waals surface area contributed by atoms with E-state index in [0.29, 0.717) is 11.3 Å². The summed E-state index contributed by atoms with van der Waals surface area (Å²) in [6.45, 7) is 4.00. The molecule has 0 radical (unpaired) electrons. The number of hydrogen-bond acceptors (Lipinski definition) is 3. The zero-order chi connectivity index (χ0) is 15.4. The molecule has 0 amide bonds. The Morgan fingerprint density at radius 2 is 1.95 bits per heavy atom. The van der Waals surface area contributed by atoms with Crippen molar-refractivity contribution in [3.8, 4) is 11.5 Å². The van der Waals surface area contributed by atoms with E-state index >= 15 is 0 Å². The third-order valence-corrected chi connectivity index (χ3v) is 3.31. The summed E-state index contributed by atoms with van der Waals surface area (Å²) in [5, 5.41) is 0. The Morgan fingerprint density at radius 3 is 2.62 bits per heavy atom. The first-order chi connectivity index (χ1) is 10.0. The van der Waals surface area contributed by atoms with Crippen LogP contribution in [0.3, 0.4) is 0 Å². The molecule has 0 bridgehead atoms. The van der Waals surface area contributed by atoms with Gasteiger partial charge in [-0.2, -0.15) is 0 Å². The second-order valence-electron chi connectivity index (χ2n) is 5.05. The van der Waals surface area contributed by atoms with E-state index in [-0.39, 0.29) is 18.4 Å². The van der Waals surface area contributed by atoms with Crippen molar-refractivity contribution >= 4 is 0 Å². The van der Waals surface area contributed by atoms with Crippen LogP contribution in [0.4, 0.5) is 4.39 Å². The predicted molar refractivity (Wildman–Crippen MR) is 81.1 cm³/mol. The Kier molecular flexibility index (Phi) is 4.81. The highest BCUT2D eigenvalue weighted by atomic mass is 19.1. The molecule has 3 nitrogen and oxygen atoms in total. The van der Waals surface area contributed by atoms with Gasteiger partial charge in [0.25, 0.3) is 0 Å². The van der Waals surface area contributed by atoms with Gasteiger partial charge in [-0.3, -0.25) is 0 Å². The molecule has 4 heteroatoms. The average Bonchev–Trinajstić information content (AvgIpc) is 2.46. The van der Waals surface area contributed by atoms with Gasteiger partial charge in [0.2, 0.25) is 0 Å². The number of methoxy groups -OCH3 is 1. The molecular weight excluding hydrogens is 269 g/mol. The maximum atomic E-state index is 14.1. The summed E-state index contributed by atoms with van der Waals surface area (Å²) >= 11 is 0. The summed E-state index contributed by atoms with van der Waals surface area (Å²) in [5.41, 5.74) is 8.36. The van der Waals surface area contributed by atoms with Crippen LogP contribution in [0.25, 0.3) is 0 Å². The maximum absolute atomic E-state index is 14.1. The molecule has 0 heterocycles. The van der Waals surface area contributed by atoms with Crippen molar-refractivity contribution in [1.82, 2.24) is 0 Å². The topological polar surface area (TPSA) is 44.5 Å². The Morgan fingerprint density at radius 1 is 1.19 bits per heavy atom. The minimum Gasteiger partial charge on any atom is -0.494 e. The highest BCUT2D eigenvalue weighted by Crippen LogP contribution is 2.27. The van der Waals surface area contributed by atoms with E-state index in [2.05, 4.69) is 0 Å². The van der Waals surface area contributed by atoms with Crippen LogP contribution in [0.5, 0.6) is 11.5 Å². The van der Waals surface area contributed by atoms with Crippen LogP contribution < -0.4 is 15.2 Å². The normalized spacial score (nSPS) is 12.0. The number of halogens is 1. The van der Waals surface area contributed by atoms with Gasteiger partial charge in [0, 0.05) is 17.2 Å². The molecule has 0 saturated heterocycles. The molecule has 2 aromatic rings. The zero-order valence-corrected chi connectivity index (χ0v) is 12.5. The summed E-state index contributed by atoms with van der Waals surface area (Å²) in [7, 11) is 1.44. The molecule has 0 saturated carbocycles. The van der Waals surface area contributed by atoms with Crippen molar-refractivity contribution in [2.75, 3.05) is 7.11 Å². The monoisotopic (exact) mass is 289 g/mol. The smallest absolute Gasteiger partial charge is 0.171 e. The Bertz CT molecular complexity index is 626. The summed E-state index contributed by atoms with van der Waals surface area (Å²) < 4.78 is 24.8. The molecule has 21 heavy (non-hydrogen) atoms. The van der Waals surface area contributed by atoms with Crippen LogP contribution >= 0.6 is 0 Å². The Balaban J connectivity index is 2.22. The standard InChI is InChI=1S/C17H20FNO2/c1-11-7-8-14(12(2)19)16(9-11)21-10-13-5-4-6-15(20-3)17(13)18/h4-9,12H,10,19H2,1-3H3. The maximum Gasteiger partial charge on any atom is 0.171 e. The first kappa shape index (κ1) is 15.3. The lowest BCUT2D eigenvalue weighted by molar-refractivity contribution is 0.291. The highest BCUT2D eigenvalue weighted by Gasteiger charge is 2.12. The quantitative estimate of drug-likeness (QED) is 0.912. The minimum absolute atomic E-state index is 0.131. The predicted octanol–water partition coefficient (Wildman–Crippen LogP) is 3.74. The first-order valence-electron chi connectivity index (χ1n) is 6.83. The molecule has 1 unspecified atom stereocenters. The molecule has 2 rings (SSSR count). The number of nitrogens with two attached hydrogens (primary N) is 1. The molecule has 0 spiro atoms. The highest BCUT2D eigenvalue weighted by molar-refractivity contribution is 5.39. The summed E-state index contributed by atoms with van der Waals surface area (Å²) in [4.78, 5) is 0. The van der Waals surface area contributed by atoms with Crippen LogP contribution in [0.2, 0.25) is 0 Å². The number of rotatable bonds is 5. The number of aryl methyl sites for hydroxylation is 1. The van der Waals surface area contributed by atoms with Crippen LogP contribution in [0, 0.1) is 12.7 Å².